The van der Waals surface area contributed by atoms with Crippen molar-refractivity contribution >= 4 is 5.91 Å². The third kappa shape index (κ3) is 4.63. The Morgan fingerprint density at radius 3 is 3.11 bits per heavy atom. The van der Waals surface area contributed by atoms with Crippen molar-refractivity contribution in [2.75, 3.05) is 13.6 Å². The van der Waals surface area contributed by atoms with Gasteiger partial charge in [-0.3, -0.25) is 9.78 Å². The number of nitrogens with one attached hydrogen (secondary N) is 1. The minimum atomic E-state index is 0.219. The average molecular weight is 261 g/mol. The van der Waals surface area contributed by atoms with Crippen molar-refractivity contribution in [3.8, 4) is 0 Å². The van der Waals surface area contributed by atoms with Gasteiger partial charge in [-0.15, -0.1) is 0 Å². The Balaban J connectivity index is 1.73. The highest BCUT2D eigenvalue weighted by Crippen LogP contribution is 2.13. The molecule has 19 heavy (non-hydrogen) atoms. The van der Waals surface area contributed by atoms with Gasteiger partial charge in [0.15, 0.2) is 0 Å². The molecule has 1 aliphatic rings. The monoisotopic (exact) mass is 261 g/mol. The van der Waals surface area contributed by atoms with Gasteiger partial charge in [0.25, 0.3) is 0 Å². The number of nitrogens with zero attached hydrogens (tertiary/aromatic N) is 2. The number of amides is 1. The molecule has 1 unspecified atom stereocenters. The van der Waals surface area contributed by atoms with Crippen LogP contribution in [-0.4, -0.2) is 35.4 Å². The van der Waals surface area contributed by atoms with Crippen LogP contribution in [-0.2, 0) is 11.3 Å². The van der Waals surface area contributed by atoms with Crippen LogP contribution < -0.4 is 5.32 Å². The predicted octanol–water partition coefficient (Wildman–Crippen LogP) is 1.96. The van der Waals surface area contributed by atoms with Crippen LogP contribution >= 0.6 is 0 Å². The average Bonchev–Trinajstić information content (AvgIpc) is 2.47. The largest absolute Gasteiger partial charge is 0.341 e. The molecule has 4 nitrogen and oxygen atoms in total. The van der Waals surface area contributed by atoms with E-state index < -0.39 is 0 Å². The van der Waals surface area contributed by atoms with Gasteiger partial charge in [-0.05, 0) is 37.4 Å². The standard InChI is InChI=1S/C15H23N3O/c1-18(12-13-5-4-9-16-11-13)15(19)8-7-14-6-2-3-10-17-14/h4-5,9,11,14,17H,2-3,6-8,10,12H2,1H3. The number of aromatic nitrogens is 1. The van der Waals surface area contributed by atoms with E-state index in [1.165, 1.54) is 19.3 Å². The minimum absolute atomic E-state index is 0.219. The van der Waals surface area contributed by atoms with E-state index in [1.54, 1.807) is 11.1 Å². The summed E-state index contributed by atoms with van der Waals surface area (Å²) in [4.78, 5) is 17.9. The Labute approximate surface area is 115 Å². The number of pyridine rings is 1. The lowest BCUT2D eigenvalue weighted by Gasteiger charge is -2.24. The molecule has 1 aromatic heterocycles. The summed E-state index contributed by atoms with van der Waals surface area (Å²) in [6.07, 6.45) is 8.92. The number of rotatable bonds is 5. The highest BCUT2D eigenvalue weighted by Gasteiger charge is 2.15. The second-order valence-electron chi connectivity index (χ2n) is 5.30. The number of piperidine rings is 1. The van der Waals surface area contributed by atoms with Crippen LogP contribution in [0.4, 0.5) is 0 Å². The molecule has 0 spiro atoms. The lowest BCUT2D eigenvalue weighted by atomic mass is 10.0. The Bertz CT molecular complexity index is 388. The van der Waals surface area contributed by atoms with Gasteiger partial charge < -0.3 is 10.2 Å². The topological polar surface area (TPSA) is 45.2 Å². The molecule has 1 N–H and O–H groups in total. The summed E-state index contributed by atoms with van der Waals surface area (Å²) in [6, 6.07) is 4.43. The molecule has 1 atom stereocenters. The van der Waals surface area contributed by atoms with Crippen molar-refractivity contribution in [1.29, 1.82) is 0 Å². The first kappa shape index (κ1) is 14.0. The van der Waals surface area contributed by atoms with E-state index in [0.29, 0.717) is 19.0 Å². The van der Waals surface area contributed by atoms with Crippen LogP contribution in [0.1, 0.15) is 37.7 Å². The molecule has 2 heterocycles. The van der Waals surface area contributed by atoms with E-state index in [1.807, 2.05) is 25.4 Å². The molecule has 4 heteroatoms. The fourth-order valence-electron chi connectivity index (χ4n) is 2.51. The first-order valence-corrected chi connectivity index (χ1v) is 7.12. The summed E-state index contributed by atoms with van der Waals surface area (Å²) in [6.45, 7) is 1.75. The maximum absolute atomic E-state index is 12.1. The highest BCUT2D eigenvalue weighted by atomic mass is 16.2. The minimum Gasteiger partial charge on any atom is -0.341 e. The smallest absolute Gasteiger partial charge is 0.222 e. The van der Waals surface area contributed by atoms with Gasteiger partial charge in [-0.1, -0.05) is 12.5 Å². The Morgan fingerprint density at radius 2 is 2.42 bits per heavy atom. The number of carbonyl (C=O) groups is 1. The van der Waals surface area contributed by atoms with Crippen LogP contribution in [0.3, 0.4) is 0 Å². The third-order valence-corrected chi connectivity index (χ3v) is 3.69. The number of carbonyl (C=O) groups excluding carboxylic acids is 1. The van der Waals surface area contributed by atoms with E-state index in [4.69, 9.17) is 0 Å². The summed E-state index contributed by atoms with van der Waals surface area (Å²) < 4.78 is 0. The first-order chi connectivity index (χ1) is 9.25. The summed E-state index contributed by atoms with van der Waals surface area (Å²) in [5.74, 6) is 0.219. The van der Waals surface area contributed by atoms with Gasteiger partial charge in [0.2, 0.25) is 5.91 Å². The number of hydrogen-bond acceptors (Lipinski definition) is 3. The second kappa shape index (κ2) is 7.24. The zero-order valence-corrected chi connectivity index (χ0v) is 11.6. The van der Waals surface area contributed by atoms with Crippen molar-refractivity contribution in [3.05, 3.63) is 30.1 Å². The van der Waals surface area contributed by atoms with Crippen LogP contribution in [0.2, 0.25) is 0 Å². The molecule has 0 bridgehead atoms. The lowest BCUT2D eigenvalue weighted by molar-refractivity contribution is -0.130. The maximum atomic E-state index is 12.1. The van der Waals surface area contributed by atoms with Crippen LogP contribution in [0.15, 0.2) is 24.5 Å². The van der Waals surface area contributed by atoms with Crippen LogP contribution in [0.5, 0.6) is 0 Å². The van der Waals surface area contributed by atoms with Crippen molar-refractivity contribution in [2.45, 2.75) is 44.7 Å². The summed E-state index contributed by atoms with van der Waals surface area (Å²) in [5.41, 5.74) is 1.08. The third-order valence-electron chi connectivity index (χ3n) is 3.69. The lowest BCUT2D eigenvalue weighted by Crippen LogP contribution is -2.35. The SMILES string of the molecule is CN(Cc1cccnc1)C(=O)CCC1CCCCN1. The van der Waals surface area contributed by atoms with Gasteiger partial charge in [0.1, 0.15) is 0 Å². The molecule has 1 aliphatic heterocycles. The quantitative estimate of drug-likeness (QED) is 0.881. The Hall–Kier alpha value is -1.42. The van der Waals surface area contributed by atoms with E-state index >= 15 is 0 Å². The van der Waals surface area contributed by atoms with Crippen molar-refractivity contribution in [2.24, 2.45) is 0 Å². The number of hydrogen-bond donors (Lipinski definition) is 1. The molecule has 1 fully saturated rings. The van der Waals surface area contributed by atoms with Gasteiger partial charge in [-0.25, -0.2) is 0 Å². The van der Waals surface area contributed by atoms with Gasteiger partial charge in [-0.2, -0.15) is 0 Å². The van der Waals surface area contributed by atoms with Crippen LogP contribution in [0.25, 0.3) is 0 Å². The normalized spacial score (nSPS) is 19.1. The first-order valence-electron chi connectivity index (χ1n) is 7.12. The summed E-state index contributed by atoms with van der Waals surface area (Å²) in [5, 5.41) is 3.48. The highest BCUT2D eigenvalue weighted by molar-refractivity contribution is 5.75. The maximum Gasteiger partial charge on any atom is 0.222 e. The molecule has 2 rings (SSSR count). The molecule has 104 valence electrons. The van der Waals surface area contributed by atoms with Crippen LogP contribution in [0, 0.1) is 0 Å². The molecule has 0 aliphatic carbocycles. The molecule has 0 aromatic carbocycles. The Morgan fingerprint density at radius 1 is 1.53 bits per heavy atom. The van der Waals surface area contributed by atoms with Gasteiger partial charge in [0.05, 0.1) is 0 Å². The molecule has 0 saturated carbocycles. The van der Waals surface area contributed by atoms with Crippen molar-refractivity contribution in [1.82, 2.24) is 15.2 Å². The molecular formula is C15H23N3O. The van der Waals surface area contributed by atoms with E-state index in [2.05, 4.69) is 10.3 Å². The van der Waals surface area contributed by atoms with E-state index in [9.17, 15) is 4.79 Å². The zero-order valence-electron chi connectivity index (χ0n) is 11.6. The fraction of sp³-hybridized carbons (Fsp3) is 0.600. The van der Waals surface area contributed by atoms with Crippen molar-refractivity contribution < 1.29 is 4.79 Å². The van der Waals surface area contributed by atoms with E-state index in [-0.39, 0.29) is 5.91 Å². The summed E-state index contributed by atoms with van der Waals surface area (Å²) >= 11 is 0. The van der Waals surface area contributed by atoms with Gasteiger partial charge in [0, 0.05) is 38.4 Å². The molecule has 1 aromatic rings. The zero-order chi connectivity index (χ0) is 13.5. The molecular weight excluding hydrogens is 238 g/mol. The predicted molar refractivity (Wildman–Crippen MR) is 75.6 cm³/mol. The Kier molecular flexibility index (Phi) is 5.33. The van der Waals surface area contributed by atoms with E-state index in [0.717, 1.165) is 18.5 Å². The van der Waals surface area contributed by atoms with Crippen molar-refractivity contribution in [3.63, 3.8) is 0 Å². The fourth-order valence-corrected chi connectivity index (χ4v) is 2.51. The molecule has 1 amide bonds. The molecule has 0 radical (unpaired) electrons. The molecule has 1 saturated heterocycles. The van der Waals surface area contributed by atoms with Gasteiger partial charge >= 0.3 is 0 Å². The summed E-state index contributed by atoms with van der Waals surface area (Å²) in [7, 11) is 1.86. The second-order valence-corrected chi connectivity index (χ2v) is 5.30.